The van der Waals surface area contributed by atoms with Crippen molar-refractivity contribution in [2.75, 3.05) is 5.75 Å². The quantitative estimate of drug-likeness (QED) is 0.360. The molecule has 0 aliphatic heterocycles. The lowest BCUT2D eigenvalue weighted by Gasteiger charge is -2.15. The molecule has 2 N–H and O–H groups in total. The van der Waals surface area contributed by atoms with Crippen LogP contribution in [0.25, 0.3) is 0 Å². The van der Waals surface area contributed by atoms with Crippen molar-refractivity contribution in [3.8, 4) is 0 Å². The summed E-state index contributed by atoms with van der Waals surface area (Å²) in [7, 11) is 0. The lowest BCUT2D eigenvalue weighted by atomic mass is 9.92. The minimum Gasteiger partial charge on any atom is -0.476 e. The van der Waals surface area contributed by atoms with E-state index in [0.29, 0.717) is 24.5 Å². The zero-order valence-corrected chi connectivity index (χ0v) is 18.3. The minimum absolute atomic E-state index is 0.0277. The van der Waals surface area contributed by atoms with Crippen LogP contribution in [0.3, 0.4) is 0 Å². The molecule has 0 bridgehead atoms. The average Bonchev–Trinajstić information content (AvgIpc) is 3.28. The first kappa shape index (κ1) is 23.1. The number of hydrogen-bond acceptors (Lipinski definition) is 6. The Morgan fingerprint density at radius 2 is 2.25 bits per heavy atom. The van der Waals surface area contributed by atoms with Crippen molar-refractivity contribution in [1.29, 1.82) is 0 Å². The highest BCUT2D eigenvalue weighted by atomic mass is 32.2. The third kappa shape index (κ3) is 7.33. The summed E-state index contributed by atoms with van der Waals surface area (Å²) in [6, 6.07) is 0. The molecule has 5 nitrogen and oxygen atoms in total. The number of carboxylic acid groups (broad SMARTS) is 1. The Morgan fingerprint density at radius 1 is 1.46 bits per heavy atom. The van der Waals surface area contributed by atoms with Gasteiger partial charge in [0.1, 0.15) is 5.78 Å². The lowest BCUT2D eigenvalue weighted by molar-refractivity contribution is -0.121. The van der Waals surface area contributed by atoms with Gasteiger partial charge in [0.15, 0.2) is 10.0 Å². The van der Waals surface area contributed by atoms with Crippen molar-refractivity contribution in [3.63, 3.8) is 0 Å². The zero-order chi connectivity index (χ0) is 20.5. The molecule has 4 unspecified atom stereocenters. The first-order valence-electron chi connectivity index (χ1n) is 10.1. The molecule has 1 aromatic heterocycles. The molecule has 1 aromatic rings. The molecule has 0 saturated heterocycles. The van der Waals surface area contributed by atoms with Gasteiger partial charge in [-0.15, -0.1) is 11.3 Å². The maximum absolute atomic E-state index is 12.2. The molecule has 0 spiro atoms. The number of nitrogens with zero attached hydrogens (tertiary/aromatic N) is 1. The van der Waals surface area contributed by atoms with E-state index in [2.05, 4.69) is 24.9 Å². The van der Waals surface area contributed by atoms with Crippen LogP contribution in [-0.2, 0) is 4.79 Å². The van der Waals surface area contributed by atoms with E-state index in [9.17, 15) is 14.7 Å². The van der Waals surface area contributed by atoms with E-state index in [4.69, 9.17) is 5.11 Å². The summed E-state index contributed by atoms with van der Waals surface area (Å²) in [5.74, 6) is 0.992. The van der Waals surface area contributed by atoms with Gasteiger partial charge in [-0.3, -0.25) is 4.79 Å². The van der Waals surface area contributed by atoms with E-state index in [1.54, 1.807) is 5.38 Å². The summed E-state index contributed by atoms with van der Waals surface area (Å²) >= 11 is 2.85. The molecule has 0 aromatic carbocycles. The fourth-order valence-electron chi connectivity index (χ4n) is 3.44. The van der Waals surface area contributed by atoms with Gasteiger partial charge in [-0.2, -0.15) is 0 Å². The Kier molecular flexibility index (Phi) is 9.68. The van der Waals surface area contributed by atoms with Crippen LogP contribution in [0.2, 0.25) is 0 Å². The molecule has 2 rings (SSSR count). The Bertz CT molecular complexity index is 673. The SMILES string of the molecule is CCC(C)CCC(O)CC=CC1CCC(=O)C1CCSc1nc(C(=O)O)cs1. The largest absolute Gasteiger partial charge is 0.476 e. The summed E-state index contributed by atoms with van der Waals surface area (Å²) in [6.45, 7) is 4.38. The van der Waals surface area contributed by atoms with E-state index in [1.807, 2.05) is 6.08 Å². The van der Waals surface area contributed by atoms with Gasteiger partial charge < -0.3 is 10.2 Å². The monoisotopic (exact) mass is 425 g/mol. The van der Waals surface area contributed by atoms with Gasteiger partial charge in [-0.1, -0.05) is 44.2 Å². The Morgan fingerprint density at radius 3 is 2.93 bits per heavy atom. The highest BCUT2D eigenvalue weighted by Crippen LogP contribution is 2.35. The molecule has 7 heteroatoms. The van der Waals surface area contributed by atoms with Crippen molar-refractivity contribution in [3.05, 3.63) is 23.2 Å². The van der Waals surface area contributed by atoms with Crippen LogP contribution in [0.15, 0.2) is 21.9 Å². The van der Waals surface area contributed by atoms with Gasteiger partial charge in [0.25, 0.3) is 0 Å². The molecule has 1 heterocycles. The van der Waals surface area contributed by atoms with E-state index in [1.165, 1.54) is 23.1 Å². The highest BCUT2D eigenvalue weighted by molar-refractivity contribution is 8.01. The van der Waals surface area contributed by atoms with Crippen LogP contribution < -0.4 is 0 Å². The van der Waals surface area contributed by atoms with E-state index >= 15 is 0 Å². The number of aromatic nitrogens is 1. The van der Waals surface area contributed by atoms with E-state index in [0.717, 1.165) is 42.2 Å². The summed E-state index contributed by atoms with van der Waals surface area (Å²) in [5.41, 5.74) is 0.0807. The van der Waals surface area contributed by atoms with Gasteiger partial charge in [0.05, 0.1) is 6.10 Å². The van der Waals surface area contributed by atoms with Crippen LogP contribution in [0.1, 0.15) is 69.3 Å². The average molecular weight is 426 g/mol. The number of aliphatic hydroxyl groups is 1. The van der Waals surface area contributed by atoms with Crippen molar-refractivity contribution >= 4 is 34.9 Å². The smallest absolute Gasteiger partial charge is 0.355 e. The maximum Gasteiger partial charge on any atom is 0.355 e. The second-order valence-electron chi connectivity index (χ2n) is 7.62. The van der Waals surface area contributed by atoms with Crippen LogP contribution in [0.5, 0.6) is 0 Å². The van der Waals surface area contributed by atoms with E-state index in [-0.39, 0.29) is 23.6 Å². The fraction of sp³-hybridized carbons (Fsp3) is 0.667. The van der Waals surface area contributed by atoms with Crippen LogP contribution in [0.4, 0.5) is 0 Å². The van der Waals surface area contributed by atoms with Gasteiger partial charge in [-0.25, -0.2) is 9.78 Å². The predicted octanol–water partition coefficient (Wildman–Crippen LogP) is 5.05. The first-order chi connectivity index (χ1) is 13.4. The number of aliphatic hydroxyl groups excluding tert-OH is 1. The summed E-state index contributed by atoms with van der Waals surface area (Å²) in [5, 5.41) is 20.6. The topological polar surface area (TPSA) is 87.5 Å². The number of aromatic carboxylic acids is 1. The zero-order valence-electron chi connectivity index (χ0n) is 16.7. The number of carbonyl (C=O) groups is 2. The number of Topliss-reactive ketones (excluding diaryl/α,β-unsaturated/α-hetero) is 1. The molecule has 4 atom stereocenters. The number of hydrogen-bond donors (Lipinski definition) is 2. The second-order valence-corrected chi connectivity index (χ2v) is 9.82. The standard InChI is InChI=1S/C21H31NO4S2/c1-3-14(2)7-9-16(23)6-4-5-15-8-10-19(24)17(15)11-12-27-21-22-18(13-28-21)20(25)26/h4-5,13-17,23H,3,6-12H2,1-2H3,(H,25,26). The Balaban J connectivity index is 1.76. The van der Waals surface area contributed by atoms with Crippen molar-refractivity contribution in [1.82, 2.24) is 4.98 Å². The molecule has 1 aliphatic carbocycles. The van der Waals surface area contributed by atoms with Gasteiger partial charge >= 0.3 is 5.97 Å². The Hall–Kier alpha value is -1.18. The molecule has 28 heavy (non-hydrogen) atoms. The highest BCUT2D eigenvalue weighted by Gasteiger charge is 2.32. The molecule has 1 aliphatic rings. The number of rotatable bonds is 12. The van der Waals surface area contributed by atoms with E-state index < -0.39 is 5.97 Å². The van der Waals surface area contributed by atoms with Gasteiger partial charge in [0, 0.05) is 23.5 Å². The number of allylic oxidation sites excluding steroid dienone is 1. The van der Waals surface area contributed by atoms with Gasteiger partial charge in [-0.05, 0) is 43.9 Å². The Labute approximate surface area is 175 Å². The third-order valence-corrected chi connectivity index (χ3v) is 7.55. The number of ketones is 1. The molecule has 156 valence electrons. The number of thiazole rings is 1. The predicted molar refractivity (Wildman–Crippen MR) is 114 cm³/mol. The molecular formula is C21H31NO4S2. The second kappa shape index (κ2) is 11.7. The van der Waals surface area contributed by atoms with Crippen LogP contribution >= 0.6 is 23.1 Å². The number of carboxylic acids is 1. The molecule has 1 fully saturated rings. The normalized spacial score (nSPS) is 22.0. The third-order valence-electron chi connectivity index (χ3n) is 5.49. The molecular weight excluding hydrogens is 394 g/mol. The number of thioether (sulfide) groups is 1. The number of carbonyl (C=O) groups excluding carboxylic acids is 1. The van der Waals surface area contributed by atoms with Crippen molar-refractivity contribution in [2.45, 2.75) is 69.2 Å². The summed E-state index contributed by atoms with van der Waals surface area (Å²) in [6.07, 6.45) is 9.83. The molecule has 0 radical (unpaired) electrons. The van der Waals surface area contributed by atoms with Crippen LogP contribution in [-0.4, -0.2) is 38.8 Å². The fourth-order valence-corrected chi connectivity index (χ4v) is 5.34. The summed E-state index contributed by atoms with van der Waals surface area (Å²) in [4.78, 5) is 27.2. The van der Waals surface area contributed by atoms with Crippen molar-refractivity contribution in [2.24, 2.45) is 17.8 Å². The first-order valence-corrected chi connectivity index (χ1v) is 12.0. The molecule has 0 amide bonds. The molecule has 1 saturated carbocycles. The van der Waals surface area contributed by atoms with Crippen molar-refractivity contribution < 1.29 is 19.8 Å². The van der Waals surface area contributed by atoms with Gasteiger partial charge in [0.2, 0.25) is 0 Å². The maximum atomic E-state index is 12.2. The lowest BCUT2D eigenvalue weighted by Crippen LogP contribution is -2.14. The minimum atomic E-state index is -1.01. The summed E-state index contributed by atoms with van der Waals surface area (Å²) < 4.78 is 0.736. The van der Waals surface area contributed by atoms with Crippen LogP contribution in [0, 0.1) is 17.8 Å².